The van der Waals surface area contributed by atoms with Crippen molar-refractivity contribution in [3.05, 3.63) is 34.7 Å². The summed E-state index contributed by atoms with van der Waals surface area (Å²) < 4.78 is 30.8. The summed E-state index contributed by atoms with van der Waals surface area (Å²) in [6.07, 6.45) is -0.0699. The molecule has 0 saturated carbocycles. The zero-order chi connectivity index (χ0) is 13.5. The van der Waals surface area contributed by atoms with Crippen molar-refractivity contribution >= 4 is 0 Å². The van der Waals surface area contributed by atoms with Crippen molar-refractivity contribution in [1.82, 2.24) is 4.57 Å². The standard InChI is InChI=1S/C12H18FNO4/c1-16-8-10(17-2)11(18-3)12(13)14-6-4-9(15)5-7-14/h4-7,10-12H,8H2,1-3H3/t10-,11-,12+/m1/s1. The molecule has 1 rings (SSSR count). The lowest BCUT2D eigenvalue weighted by Gasteiger charge is -2.28. The quantitative estimate of drug-likeness (QED) is 0.733. The molecule has 0 aromatic carbocycles. The van der Waals surface area contributed by atoms with Crippen LogP contribution in [0.15, 0.2) is 29.3 Å². The molecule has 0 bridgehead atoms. The molecule has 0 aliphatic heterocycles. The van der Waals surface area contributed by atoms with E-state index in [1.54, 1.807) is 0 Å². The lowest BCUT2D eigenvalue weighted by atomic mass is 10.2. The number of ether oxygens (including phenoxy) is 3. The van der Waals surface area contributed by atoms with Gasteiger partial charge in [0, 0.05) is 45.9 Å². The summed E-state index contributed by atoms with van der Waals surface area (Å²) in [6.45, 7) is 0.218. The van der Waals surface area contributed by atoms with Gasteiger partial charge in [-0.15, -0.1) is 0 Å². The first-order chi connectivity index (χ1) is 8.63. The van der Waals surface area contributed by atoms with Crippen LogP contribution in [0, 0.1) is 0 Å². The first-order valence-electron chi connectivity index (χ1n) is 5.50. The van der Waals surface area contributed by atoms with Gasteiger partial charge >= 0.3 is 0 Å². The SMILES string of the molecule is COC[C@@H](OC)[C@@H](OC)[C@@H](F)n1ccc(=O)cc1. The maximum atomic E-state index is 14.3. The lowest BCUT2D eigenvalue weighted by Crippen LogP contribution is -2.39. The minimum absolute atomic E-state index is 0.174. The third-order valence-corrected chi connectivity index (χ3v) is 2.65. The first kappa shape index (κ1) is 14.8. The van der Waals surface area contributed by atoms with Crippen LogP contribution < -0.4 is 5.43 Å². The third kappa shape index (κ3) is 3.63. The maximum Gasteiger partial charge on any atom is 0.204 e. The Balaban J connectivity index is 2.86. The zero-order valence-corrected chi connectivity index (χ0v) is 10.7. The number of pyridine rings is 1. The van der Waals surface area contributed by atoms with Gasteiger partial charge in [0.05, 0.1) is 6.61 Å². The summed E-state index contributed by atoms with van der Waals surface area (Å²) in [5.41, 5.74) is -0.174. The third-order valence-electron chi connectivity index (χ3n) is 2.65. The van der Waals surface area contributed by atoms with E-state index in [1.807, 2.05) is 0 Å². The number of methoxy groups -OCH3 is 3. The average Bonchev–Trinajstić information content (AvgIpc) is 2.39. The van der Waals surface area contributed by atoms with Crippen molar-refractivity contribution in [2.45, 2.75) is 18.5 Å². The van der Waals surface area contributed by atoms with E-state index in [2.05, 4.69) is 0 Å². The number of rotatable bonds is 7. The first-order valence-corrected chi connectivity index (χ1v) is 5.50. The summed E-state index contributed by atoms with van der Waals surface area (Å²) in [7, 11) is 4.38. The van der Waals surface area contributed by atoms with Crippen molar-refractivity contribution in [2.24, 2.45) is 0 Å². The van der Waals surface area contributed by atoms with Gasteiger partial charge < -0.3 is 18.8 Å². The molecule has 0 N–H and O–H groups in total. The Morgan fingerprint density at radius 3 is 2.28 bits per heavy atom. The fourth-order valence-corrected chi connectivity index (χ4v) is 1.66. The van der Waals surface area contributed by atoms with Crippen LogP contribution in [-0.4, -0.2) is 44.7 Å². The Morgan fingerprint density at radius 1 is 1.22 bits per heavy atom. The molecular formula is C12H18FNO4. The Hall–Kier alpha value is -1.24. The predicted molar refractivity (Wildman–Crippen MR) is 64.3 cm³/mol. The van der Waals surface area contributed by atoms with Gasteiger partial charge in [0.1, 0.15) is 12.2 Å². The van der Waals surface area contributed by atoms with E-state index in [1.165, 1.54) is 50.4 Å². The Morgan fingerprint density at radius 2 is 1.83 bits per heavy atom. The van der Waals surface area contributed by atoms with E-state index < -0.39 is 18.5 Å². The molecule has 0 aliphatic rings. The normalized spacial score (nSPS) is 16.2. The molecular weight excluding hydrogens is 241 g/mol. The summed E-state index contributed by atoms with van der Waals surface area (Å²) in [6, 6.07) is 2.58. The predicted octanol–water partition coefficient (Wildman–Crippen LogP) is 0.993. The highest BCUT2D eigenvalue weighted by molar-refractivity contribution is 4.95. The lowest BCUT2D eigenvalue weighted by molar-refractivity contribution is -0.113. The van der Waals surface area contributed by atoms with Crippen LogP contribution in [0.3, 0.4) is 0 Å². The van der Waals surface area contributed by atoms with Gasteiger partial charge in [0.25, 0.3) is 0 Å². The van der Waals surface area contributed by atoms with Crippen molar-refractivity contribution < 1.29 is 18.6 Å². The van der Waals surface area contributed by atoms with Gasteiger partial charge in [0.15, 0.2) is 5.43 Å². The highest BCUT2D eigenvalue weighted by Gasteiger charge is 2.30. The van der Waals surface area contributed by atoms with Gasteiger partial charge in [-0.05, 0) is 0 Å². The molecule has 1 aromatic rings. The largest absolute Gasteiger partial charge is 0.382 e. The number of halogens is 1. The molecule has 6 heteroatoms. The second-order valence-electron chi connectivity index (χ2n) is 3.78. The second-order valence-corrected chi connectivity index (χ2v) is 3.78. The van der Waals surface area contributed by atoms with Crippen LogP contribution in [0.25, 0.3) is 0 Å². The molecule has 1 aromatic heterocycles. The van der Waals surface area contributed by atoms with E-state index in [0.29, 0.717) is 0 Å². The van der Waals surface area contributed by atoms with E-state index in [-0.39, 0.29) is 12.0 Å². The van der Waals surface area contributed by atoms with Crippen LogP contribution in [-0.2, 0) is 14.2 Å². The van der Waals surface area contributed by atoms with E-state index >= 15 is 0 Å². The highest BCUT2D eigenvalue weighted by atomic mass is 19.1. The number of hydrogen-bond acceptors (Lipinski definition) is 4. The monoisotopic (exact) mass is 259 g/mol. The molecule has 18 heavy (non-hydrogen) atoms. The minimum atomic E-state index is -1.46. The smallest absolute Gasteiger partial charge is 0.204 e. The van der Waals surface area contributed by atoms with Crippen molar-refractivity contribution in [3.8, 4) is 0 Å². The van der Waals surface area contributed by atoms with Gasteiger partial charge in [-0.1, -0.05) is 0 Å². The summed E-state index contributed by atoms with van der Waals surface area (Å²) in [4.78, 5) is 11.0. The summed E-state index contributed by atoms with van der Waals surface area (Å²) in [5, 5.41) is 0. The molecule has 3 atom stereocenters. The molecule has 0 saturated heterocycles. The number of nitrogens with zero attached hydrogens (tertiary/aromatic N) is 1. The molecule has 1 heterocycles. The molecule has 5 nitrogen and oxygen atoms in total. The highest BCUT2D eigenvalue weighted by Crippen LogP contribution is 2.20. The van der Waals surface area contributed by atoms with Crippen LogP contribution in [0.1, 0.15) is 6.30 Å². The van der Waals surface area contributed by atoms with Crippen LogP contribution in [0.2, 0.25) is 0 Å². The van der Waals surface area contributed by atoms with E-state index in [4.69, 9.17) is 14.2 Å². The minimum Gasteiger partial charge on any atom is -0.382 e. The van der Waals surface area contributed by atoms with Crippen LogP contribution >= 0.6 is 0 Å². The Kier molecular flexibility index (Phi) is 5.97. The van der Waals surface area contributed by atoms with Gasteiger partial charge in [-0.2, -0.15) is 0 Å². The Labute approximate surface area is 105 Å². The summed E-state index contributed by atoms with van der Waals surface area (Å²) in [5.74, 6) is 0. The number of aromatic nitrogens is 1. The maximum absolute atomic E-state index is 14.3. The van der Waals surface area contributed by atoms with Crippen LogP contribution in [0.5, 0.6) is 0 Å². The average molecular weight is 259 g/mol. The molecule has 0 fully saturated rings. The van der Waals surface area contributed by atoms with Gasteiger partial charge in [-0.25, -0.2) is 4.39 Å². The number of hydrogen-bond donors (Lipinski definition) is 0. The fraction of sp³-hybridized carbons (Fsp3) is 0.583. The van der Waals surface area contributed by atoms with Gasteiger partial charge in [-0.3, -0.25) is 4.79 Å². The second kappa shape index (κ2) is 7.25. The van der Waals surface area contributed by atoms with E-state index in [9.17, 15) is 9.18 Å². The molecule has 0 aliphatic carbocycles. The van der Waals surface area contributed by atoms with Crippen molar-refractivity contribution in [1.29, 1.82) is 0 Å². The molecule has 0 unspecified atom stereocenters. The van der Waals surface area contributed by atoms with E-state index in [0.717, 1.165) is 0 Å². The van der Waals surface area contributed by atoms with Crippen molar-refractivity contribution in [2.75, 3.05) is 27.9 Å². The van der Waals surface area contributed by atoms with Crippen molar-refractivity contribution in [3.63, 3.8) is 0 Å². The topological polar surface area (TPSA) is 49.7 Å². The molecule has 0 spiro atoms. The Bertz CT molecular complexity index is 389. The molecule has 0 radical (unpaired) electrons. The molecule has 0 amide bonds. The fourth-order valence-electron chi connectivity index (χ4n) is 1.66. The summed E-state index contributed by atoms with van der Waals surface area (Å²) >= 11 is 0. The number of alkyl halides is 1. The molecule has 102 valence electrons. The van der Waals surface area contributed by atoms with Gasteiger partial charge in [0.2, 0.25) is 6.30 Å². The zero-order valence-electron chi connectivity index (χ0n) is 10.7. The van der Waals surface area contributed by atoms with Crippen LogP contribution in [0.4, 0.5) is 4.39 Å².